The van der Waals surface area contributed by atoms with Gasteiger partial charge >= 0.3 is 0 Å². The number of ether oxygens (including phenoxy) is 2. The third kappa shape index (κ3) is 5.97. The summed E-state index contributed by atoms with van der Waals surface area (Å²) in [6.45, 7) is 7.70. The molecule has 124 valence electrons. The third-order valence-corrected chi connectivity index (χ3v) is 4.21. The maximum Gasteiger partial charge on any atom is 0.122 e. The van der Waals surface area contributed by atoms with Crippen molar-refractivity contribution < 1.29 is 9.47 Å². The molecule has 0 aromatic heterocycles. The largest absolute Gasteiger partial charge is 0.490 e. The molecule has 23 heavy (non-hydrogen) atoms. The van der Waals surface area contributed by atoms with Crippen molar-refractivity contribution >= 4 is 0 Å². The first-order chi connectivity index (χ1) is 11.2. The van der Waals surface area contributed by atoms with Gasteiger partial charge < -0.3 is 9.47 Å². The van der Waals surface area contributed by atoms with Gasteiger partial charge in [0, 0.05) is 0 Å². The molecular weight excluding hydrogens is 284 g/mol. The zero-order valence-corrected chi connectivity index (χ0v) is 14.5. The normalized spacial score (nSPS) is 10.8. The fraction of sp³-hybridized carbons (Fsp3) is 0.429. The molecule has 0 heterocycles. The highest BCUT2D eigenvalue weighted by molar-refractivity contribution is 5.28. The van der Waals surface area contributed by atoms with Crippen molar-refractivity contribution in [1.29, 1.82) is 0 Å². The van der Waals surface area contributed by atoms with Gasteiger partial charge in [-0.15, -0.1) is 0 Å². The Labute approximate surface area is 140 Å². The van der Waals surface area contributed by atoms with E-state index in [9.17, 15) is 0 Å². The van der Waals surface area contributed by atoms with Crippen LogP contribution in [-0.4, -0.2) is 13.2 Å². The highest BCUT2D eigenvalue weighted by atomic mass is 16.5. The van der Waals surface area contributed by atoms with Crippen LogP contribution in [0.1, 0.15) is 37.8 Å². The second-order valence-corrected chi connectivity index (χ2v) is 6.04. The third-order valence-electron chi connectivity index (χ3n) is 4.21. The molecular formula is C21H28O2. The van der Waals surface area contributed by atoms with E-state index in [-0.39, 0.29) is 0 Å². The fourth-order valence-corrected chi connectivity index (χ4v) is 2.66. The van der Waals surface area contributed by atoms with Crippen molar-refractivity contribution in [1.82, 2.24) is 0 Å². The molecule has 0 aliphatic carbocycles. The van der Waals surface area contributed by atoms with E-state index in [1.807, 2.05) is 18.2 Å². The zero-order valence-electron chi connectivity index (χ0n) is 14.5. The summed E-state index contributed by atoms with van der Waals surface area (Å²) in [5.41, 5.74) is 2.60. The van der Waals surface area contributed by atoms with E-state index in [1.165, 1.54) is 24.0 Å². The minimum atomic E-state index is 0.555. The van der Waals surface area contributed by atoms with Crippen LogP contribution >= 0.6 is 0 Å². The Balaban J connectivity index is 1.73. The van der Waals surface area contributed by atoms with Gasteiger partial charge in [0.05, 0.1) is 0 Å². The van der Waals surface area contributed by atoms with Crippen LogP contribution in [0.4, 0.5) is 0 Å². The first kappa shape index (κ1) is 17.4. The van der Waals surface area contributed by atoms with Crippen LogP contribution in [0.3, 0.4) is 0 Å². The number of hydrogen-bond acceptors (Lipinski definition) is 2. The van der Waals surface area contributed by atoms with Crippen LogP contribution in [-0.2, 0) is 6.42 Å². The quantitative estimate of drug-likeness (QED) is 0.575. The monoisotopic (exact) mass is 312 g/mol. The van der Waals surface area contributed by atoms with Crippen LogP contribution in [0.5, 0.6) is 11.5 Å². The van der Waals surface area contributed by atoms with Crippen LogP contribution in [0.15, 0.2) is 48.5 Å². The molecule has 0 radical (unpaired) electrons. The van der Waals surface area contributed by atoms with E-state index >= 15 is 0 Å². The summed E-state index contributed by atoms with van der Waals surface area (Å²) >= 11 is 0. The van der Waals surface area contributed by atoms with Crippen LogP contribution in [0.25, 0.3) is 0 Å². The molecule has 0 amide bonds. The lowest BCUT2D eigenvalue weighted by atomic mass is 9.95. The maximum absolute atomic E-state index is 5.75. The van der Waals surface area contributed by atoms with Crippen molar-refractivity contribution in [2.75, 3.05) is 13.2 Å². The molecule has 0 unspecified atom stereocenters. The van der Waals surface area contributed by atoms with Gasteiger partial charge in [-0.05, 0) is 54.7 Å². The Bertz CT molecular complexity index is 571. The lowest BCUT2D eigenvalue weighted by Gasteiger charge is -2.13. The lowest BCUT2D eigenvalue weighted by molar-refractivity contribution is 0.217. The molecule has 0 fully saturated rings. The van der Waals surface area contributed by atoms with Crippen molar-refractivity contribution in [2.24, 2.45) is 5.92 Å². The van der Waals surface area contributed by atoms with E-state index in [0.717, 1.165) is 23.8 Å². The molecule has 0 aliphatic heterocycles. The first-order valence-corrected chi connectivity index (χ1v) is 8.62. The van der Waals surface area contributed by atoms with Gasteiger partial charge in [0.25, 0.3) is 0 Å². The van der Waals surface area contributed by atoms with E-state index in [2.05, 4.69) is 51.1 Å². The van der Waals surface area contributed by atoms with Crippen LogP contribution in [0.2, 0.25) is 0 Å². The van der Waals surface area contributed by atoms with E-state index in [0.29, 0.717) is 13.2 Å². The van der Waals surface area contributed by atoms with Crippen LogP contribution < -0.4 is 9.47 Å². The van der Waals surface area contributed by atoms with E-state index < -0.39 is 0 Å². The topological polar surface area (TPSA) is 18.5 Å². The van der Waals surface area contributed by atoms with Gasteiger partial charge in [-0.2, -0.15) is 0 Å². The number of hydrogen-bond donors (Lipinski definition) is 0. The molecule has 2 nitrogen and oxygen atoms in total. The Hall–Kier alpha value is -1.96. The Morgan fingerprint density at radius 1 is 0.826 bits per heavy atom. The molecule has 2 aromatic carbocycles. The molecule has 0 bridgehead atoms. The first-order valence-electron chi connectivity index (χ1n) is 8.62. The second kappa shape index (κ2) is 9.24. The van der Waals surface area contributed by atoms with Crippen molar-refractivity contribution in [3.8, 4) is 11.5 Å². The minimum Gasteiger partial charge on any atom is -0.490 e. The molecule has 0 aliphatic rings. The molecule has 0 atom stereocenters. The average molecular weight is 312 g/mol. The molecule has 0 saturated heterocycles. The average Bonchev–Trinajstić information content (AvgIpc) is 2.58. The molecule has 0 saturated carbocycles. The molecule has 2 aromatic rings. The number of aryl methyl sites for hydroxylation is 1. The Kier molecular flexibility index (Phi) is 6.99. The highest BCUT2D eigenvalue weighted by Crippen LogP contribution is 2.18. The predicted octanol–water partition coefficient (Wildman–Crippen LogP) is 5.43. The van der Waals surface area contributed by atoms with Gasteiger partial charge in [0.2, 0.25) is 0 Å². The SMILES string of the molecule is CCC(CC)Cc1ccc(OCCOc2cccc(C)c2)cc1. The van der Waals surface area contributed by atoms with Gasteiger partial charge in [0.1, 0.15) is 24.7 Å². The number of benzene rings is 2. The summed E-state index contributed by atoms with van der Waals surface area (Å²) in [6.07, 6.45) is 3.64. The summed E-state index contributed by atoms with van der Waals surface area (Å²) in [4.78, 5) is 0. The van der Waals surface area contributed by atoms with Gasteiger partial charge in [0.15, 0.2) is 0 Å². The predicted molar refractivity (Wildman–Crippen MR) is 96.4 cm³/mol. The summed E-state index contributed by atoms with van der Waals surface area (Å²) < 4.78 is 11.4. The molecule has 2 heteroatoms. The highest BCUT2D eigenvalue weighted by Gasteiger charge is 2.05. The van der Waals surface area contributed by atoms with E-state index in [4.69, 9.17) is 9.47 Å². The molecule has 0 spiro atoms. The fourth-order valence-electron chi connectivity index (χ4n) is 2.66. The van der Waals surface area contributed by atoms with Gasteiger partial charge in [-0.3, -0.25) is 0 Å². The zero-order chi connectivity index (χ0) is 16.5. The van der Waals surface area contributed by atoms with Crippen molar-refractivity contribution in [3.05, 3.63) is 59.7 Å². The smallest absolute Gasteiger partial charge is 0.122 e. The van der Waals surface area contributed by atoms with E-state index in [1.54, 1.807) is 0 Å². The second-order valence-electron chi connectivity index (χ2n) is 6.04. The lowest BCUT2D eigenvalue weighted by Crippen LogP contribution is -2.09. The minimum absolute atomic E-state index is 0.555. The standard InChI is InChI=1S/C21H28O2/c1-4-18(5-2)16-19-9-11-20(12-10-19)22-13-14-23-21-8-6-7-17(3)15-21/h6-12,15,18H,4-5,13-14,16H2,1-3H3. The van der Waals surface area contributed by atoms with Crippen LogP contribution in [0, 0.1) is 12.8 Å². The summed E-state index contributed by atoms with van der Waals surface area (Å²) in [5, 5.41) is 0. The molecule has 2 rings (SSSR count). The van der Waals surface area contributed by atoms with Gasteiger partial charge in [-0.25, -0.2) is 0 Å². The molecule has 0 N–H and O–H groups in total. The van der Waals surface area contributed by atoms with Crippen molar-refractivity contribution in [2.45, 2.75) is 40.0 Å². The van der Waals surface area contributed by atoms with Gasteiger partial charge in [-0.1, -0.05) is 51.0 Å². The summed E-state index contributed by atoms with van der Waals surface area (Å²) in [7, 11) is 0. The number of rotatable bonds is 9. The maximum atomic E-state index is 5.75. The summed E-state index contributed by atoms with van der Waals surface area (Å²) in [5.74, 6) is 2.59. The Morgan fingerprint density at radius 3 is 2.09 bits per heavy atom. The summed E-state index contributed by atoms with van der Waals surface area (Å²) in [6, 6.07) is 16.5. The van der Waals surface area contributed by atoms with Crippen molar-refractivity contribution in [3.63, 3.8) is 0 Å². The Morgan fingerprint density at radius 2 is 1.48 bits per heavy atom.